The number of phenols is 1. The summed E-state index contributed by atoms with van der Waals surface area (Å²) in [5.74, 6) is -0.337. The number of hydrogen-bond donors (Lipinski definition) is 2. The minimum atomic E-state index is -0.450. The average Bonchev–Trinajstić information content (AvgIpc) is 2.65. The number of amides is 1. The number of nitrogens with zero attached hydrogens (tertiary/aromatic N) is 1. The maximum atomic E-state index is 11.8. The Kier molecular flexibility index (Phi) is 6.73. The molecule has 0 aliphatic rings. The number of rotatable bonds is 7. The first-order valence-corrected chi connectivity index (χ1v) is 8.02. The van der Waals surface area contributed by atoms with Gasteiger partial charge in [-0.05, 0) is 50.2 Å². The van der Waals surface area contributed by atoms with Gasteiger partial charge in [0.05, 0.1) is 17.9 Å². The molecule has 7 nitrogen and oxygen atoms in total. The summed E-state index contributed by atoms with van der Waals surface area (Å²) < 4.78 is 10.2. The number of benzene rings is 2. The summed E-state index contributed by atoms with van der Waals surface area (Å²) in [6, 6.07) is 13.0. The third kappa shape index (κ3) is 5.34. The van der Waals surface area contributed by atoms with Gasteiger partial charge in [0.2, 0.25) is 0 Å². The second-order valence-electron chi connectivity index (χ2n) is 5.28. The number of carbonyl (C=O) groups excluding carboxylic acids is 2. The van der Waals surface area contributed by atoms with Crippen molar-refractivity contribution in [3.05, 3.63) is 59.7 Å². The van der Waals surface area contributed by atoms with Crippen molar-refractivity contribution in [2.45, 2.75) is 13.8 Å². The Morgan fingerprint density at radius 2 is 1.81 bits per heavy atom. The van der Waals surface area contributed by atoms with Crippen molar-refractivity contribution in [3.8, 4) is 11.5 Å². The van der Waals surface area contributed by atoms with E-state index >= 15 is 0 Å². The fourth-order valence-corrected chi connectivity index (χ4v) is 2.07. The van der Waals surface area contributed by atoms with Crippen LogP contribution in [0.15, 0.2) is 53.6 Å². The van der Waals surface area contributed by atoms with Gasteiger partial charge in [0.1, 0.15) is 11.5 Å². The molecular weight excluding hydrogens is 336 g/mol. The van der Waals surface area contributed by atoms with E-state index in [4.69, 9.17) is 9.47 Å². The molecule has 26 heavy (non-hydrogen) atoms. The highest BCUT2D eigenvalue weighted by Crippen LogP contribution is 2.16. The molecule has 0 unspecified atom stereocenters. The fourth-order valence-electron chi connectivity index (χ4n) is 2.07. The van der Waals surface area contributed by atoms with Crippen LogP contribution in [0.5, 0.6) is 11.5 Å². The van der Waals surface area contributed by atoms with Crippen LogP contribution in [-0.4, -0.2) is 35.9 Å². The van der Waals surface area contributed by atoms with Gasteiger partial charge in [0.25, 0.3) is 5.91 Å². The summed E-state index contributed by atoms with van der Waals surface area (Å²) in [4.78, 5) is 23.4. The zero-order chi connectivity index (χ0) is 18.9. The number of esters is 1. The van der Waals surface area contributed by atoms with E-state index in [9.17, 15) is 14.7 Å². The number of phenolic OH excluding ortho intramolecular Hbond substituents is 1. The summed E-state index contributed by atoms with van der Waals surface area (Å²) >= 11 is 0. The van der Waals surface area contributed by atoms with Gasteiger partial charge in [-0.25, -0.2) is 10.2 Å². The molecule has 0 aliphatic heterocycles. The molecule has 2 rings (SSSR count). The lowest BCUT2D eigenvalue weighted by atomic mass is 10.1. The quantitative estimate of drug-likeness (QED) is 0.451. The first-order chi connectivity index (χ1) is 12.5. The Hall–Kier alpha value is -3.35. The molecule has 0 aromatic heterocycles. The van der Waals surface area contributed by atoms with E-state index in [0.717, 1.165) is 0 Å². The van der Waals surface area contributed by atoms with E-state index in [0.29, 0.717) is 29.2 Å². The van der Waals surface area contributed by atoms with Crippen molar-refractivity contribution in [2.75, 3.05) is 13.2 Å². The van der Waals surface area contributed by atoms with E-state index in [1.54, 1.807) is 62.4 Å². The Morgan fingerprint density at radius 1 is 1.12 bits per heavy atom. The van der Waals surface area contributed by atoms with Crippen LogP contribution >= 0.6 is 0 Å². The number of hydrogen-bond acceptors (Lipinski definition) is 6. The molecule has 2 aromatic carbocycles. The number of ether oxygens (including phenoxy) is 2. The first-order valence-electron chi connectivity index (χ1n) is 8.02. The van der Waals surface area contributed by atoms with Gasteiger partial charge < -0.3 is 14.6 Å². The highest BCUT2D eigenvalue weighted by molar-refractivity contribution is 6.01. The molecule has 0 atom stereocenters. The molecule has 2 aromatic rings. The summed E-state index contributed by atoms with van der Waals surface area (Å²) in [6.07, 6.45) is 0. The number of hydrazone groups is 1. The van der Waals surface area contributed by atoms with Gasteiger partial charge in [-0.3, -0.25) is 4.79 Å². The summed E-state index contributed by atoms with van der Waals surface area (Å²) in [5.41, 5.74) is 3.77. The summed E-state index contributed by atoms with van der Waals surface area (Å²) in [5, 5.41) is 13.7. The Labute approximate surface area is 151 Å². The predicted octanol–water partition coefficient (Wildman–Crippen LogP) is 2.49. The number of nitrogens with one attached hydrogen (secondary N) is 1. The number of para-hydroxylation sites is 1. The second-order valence-corrected chi connectivity index (χ2v) is 5.28. The van der Waals surface area contributed by atoms with Gasteiger partial charge in [-0.1, -0.05) is 12.1 Å². The second kappa shape index (κ2) is 9.22. The molecule has 0 heterocycles. The topological polar surface area (TPSA) is 97.2 Å². The third-order valence-corrected chi connectivity index (χ3v) is 3.38. The van der Waals surface area contributed by atoms with Crippen LogP contribution in [0.4, 0.5) is 0 Å². The van der Waals surface area contributed by atoms with Crippen molar-refractivity contribution >= 4 is 17.6 Å². The predicted molar refractivity (Wildman–Crippen MR) is 96.4 cm³/mol. The van der Waals surface area contributed by atoms with Crippen LogP contribution in [0.3, 0.4) is 0 Å². The lowest BCUT2D eigenvalue weighted by molar-refractivity contribution is -0.123. The average molecular weight is 356 g/mol. The van der Waals surface area contributed by atoms with Gasteiger partial charge in [-0.2, -0.15) is 5.10 Å². The monoisotopic (exact) mass is 356 g/mol. The van der Waals surface area contributed by atoms with Crippen molar-refractivity contribution in [1.82, 2.24) is 5.43 Å². The summed E-state index contributed by atoms with van der Waals surface area (Å²) in [6.45, 7) is 3.47. The minimum absolute atomic E-state index is 0.0842. The fraction of sp³-hybridized carbons (Fsp3) is 0.211. The first kappa shape index (κ1) is 19.0. The minimum Gasteiger partial charge on any atom is -0.507 e. The van der Waals surface area contributed by atoms with E-state index in [2.05, 4.69) is 10.5 Å². The molecule has 0 fully saturated rings. The van der Waals surface area contributed by atoms with Crippen molar-refractivity contribution in [1.29, 1.82) is 0 Å². The molecule has 0 saturated heterocycles. The van der Waals surface area contributed by atoms with Crippen LogP contribution in [0.25, 0.3) is 0 Å². The summed E-state index contributed by atoms with van der Waals surface area (Å²) in [7, 11) is 0. The Morgan fingerprint density at radius 3 is 2.46 bits per heavy atom. The van der Waals surface area contributed by atoms with E-state index in [-0.39, 0.29) is 12.4 Å². The lowest BCUT2D eigenvalue weighted by Gasteiger charge is -2.07. The van der Waals surface area contributed by atoms with Crippen LogP contribution in [0.2, 0.25) is 0 Å². The normalized spacial score (nSPS) is 10.9. The molecular formula is C19H20N2O5. The van der Waals surface area contributed by atoms with Gasteiger partial charge in [0.15, 0.2) is 6.61 Å². The molecule has 1 amide bonds. The molecule has 2 N–H and O–H groups in total. The van der Waals surface area contributed by atoms with E-state index in [1.165, 1.54) is 0 Å². The molecule has 0 radical (unpaired) electrons. The maximum Gasteiger partial charge on any atom is 0.338 e. The van der Waals surface area contributed by atoms with E-state index < -0.39 is 11.9 Å². The van der Waals surface area contributed by atoms with Gasteiger partial charge in [0, 0.05) is 5.56 Å². The molecule has 136 valence electrons. The molecule has 0 aliphatic carbocycles. The van der Waals surface area contributed by atoms with Crippen molar-refractivity contribution in [2.24, 2.45) is 5.10 Å². The smallest absolute Gasteiger partial charge is 0.338 e. The van der Waals surface area contributed by atoms with Crippen LogP contribution in [0, 0.1) is 0 Å². The van der Waals surface area contributed by atoms with Crippen molar-refractivity contribution in [3.63, 3.8) is 0 Å². The molecule has 0 saturated carbocycles. The highest BCUT2D eigenvalue weighted by atomic mass is 16.5. The SMILES string of the molecule is CCOC(=O)c1ccc(OCC(=O)NN=C(C)c2ccccc2O)cc1. The van der Waals surface area contributed by atoms with Crippen LogP contribution in [-0.2, 0) is 9.53 Å². The third-order valence-electron chi connectivity index (χ3n) is 3.38. The van der Waals surface area contributed by atoms with Crippen LogP contribution < -0.4 is 10.2 Å². The maximum absolute atomic E-state index is 11.8. The van der Waals surface area contributed by atoms with E-state index in [1.807, 2.05) is 0 Å². The molecule has 0 spiro atoms. The molecule has 0 bridgehead atoms. The standard InChI is InChI=1S/C19H20N2O5/c1-3-25-19(24)14-8-10-15(11-9-14)26-12-18(23)21-20-13(2)16-6-4-5-7-17(16)22/h4-11,22H,3,12H2,1-2H3,(H,21,23). The number of carbonyl (C=O) groups is 2. The Bertz CT molecular complexity index is 800. The largest absolute Gasteiger partial charge is 0.507 e. The lowest BCUT2D eigenvalue weighted by Crippen LogP contribution is -2.25. The number of aromatic hydroxyl groups is 1. The zero-order valence-electron chi connectivity index (χ0n) is 14.6. The highest BCUT2D eigenvalue weighted by Gasteiger charge is 2.08. The zero-order valence-corrected chi connectivity index (χ0v) is 14.6. The van der Waals surface area contributed by atoms with Crippen LogP contribution in [0.1, 0.15) is 29.8 Å². The van der Waals surface area contributed by atoms with Gasteiger partial charge >= 0.3 is 5.97 Å². The molecule has 7 heteroatoms. The Balaban J connectivity index is 1.86. The van der Waals surface area contributed by atoms with Gasteiger partial charge in [-0.15, -0.1) is 0 Å². The van der Waals surface area contributed by atoms with Crippen molar-refractivity contribution < 1.29 is 24.2 Å².